The summed E-state index contributed by atoms with van der Waals surface area (Å²) in [6, 6.07) is 0. The summed E-state index contributed by atoms with van der Waals surface area (Å²) in [7, 11) is 0. The van der Waals surface area contributed by atoms with Crippen molar-refractivity contribution in [3.05, 3.63) is 0 Å². The second-order valence-corrected chi connectivity index (χ2v) is 5.71. The van der Waals surface area contributed by atoms with Gasteiger partial charge in [0.2, 0.25) is 11.4 Å². The van der Waals surface area contributed by atoms with Gasteiger partial charge in [0.25, 0.3) is 0 Å². The highest BCUT2D eigenvalue weighted by Gasteiger charge is 2.68. The molecule has 0 aromatic carbocycles. The first-order valence-electron chi connectivity index (χ1n) is 6.86. The van der Waals surface area contributed by atoms with Crippen LogP contribution in [0.2, 0.25) is 0 Å². The lowest BCUT2D eigenvalue weighted by atomic mass is 9.70. The second-order valence-electron chi connectivity index (χ2n) is 5.71. The Morgan fingerprint density at radius 1 is 1.00 bits per heavy atom. The summed E-state index contributed by atoms with van der Waals surface area (Å²) in [6.07, 6.45) is -8.54. The first-order chi connectivity index (χ1) is 10.3. The number of aliphatic hydroxyl groups is 4. The minimum Gasteiger partial charge on any atom is -0.387 e. The van der Waals surface area contributed by atoms with Crippen molar-refractivity contribution in [1.82, 2.24) is 0 Å². The Hall–Kier alpha value is -1.52. The molecule has 130 valence electrons. The van der Waals surface area contributed by atoms with Gasteiger partial charge in [0, 0.05) is 0 Å². The number of carbonyl (C=O) groups excluding carboxylic acids is 4. The molecule has 1 aliphatic rings. The summed E-state index contributed by atoms with van der Waals surface area (Å²) in [5.74, 6) is -4.43. The van der Waals surface area contributed by atoms with Gasteiger partial charge in [0.1, 0.15) is 18.3 Å². The number of ketones is 4. The molecule has 0 aliphatic carbocycles. The Labute approximate surface area is 131 Å². The van der Waals surface area contributed by atoms with Crippen LogP contribution < -0.4 is 0 Å². The molecule has 1 rings (SSSR count). The molecule has 6 atom stereocenters. The largest absolute Gasteiger partial charge is 0.387 e. The van der Waals surface area contributed by atoms with E-state index in [0.29, 0.717) is 0 Å². The molecule has 2 unspecified atom stereocenters. The smallest absolute Gasteiger partial charge is 0.215 e. The standard InChI is InChI=1S/C14H20O9/c1-5(15)9(19)14(8(4)18)11(21)10(20)13(22,7(3)17)12(23-14)6(2)16/h5,10-12,15,20-22H,1-4H3/t5?,10?,11-,12+,13-,14-/m1/s1. The van der Waals surface area contributed by atoms with E-state index in [9.17, 15) is 39.6 Å². The number of rotatable bonds is 5. The highest BCUT2D eigenvalue weighted by molar-refractivity contribution is 6.13. The maximum Gasteiger partial charge on any atom is 0.215 e. The van der Waals surface area contributed by atoms with Crippen LogP contribution in [0.4, 0.5) is 0 Å². The Balaban J connectivity index is 3.62. The Morgan fingerprint density at radius 2 is 1.48 bits per heavy atom. The summed E-state index contributed by atoms with van der Waals surface area (Å²) in [5.41, 5.74) is -5.60. The van der Waals surface area contributed by atoms with E-state index in [0.717, 1.165) is 27.7 Å². The summed E-state index contributed by atoms with van der Waals surface area (Å²) < 4.78 is 5.09. The van der Waals surface area contributed by atoms with Gasteiger partial charge in [0.15, 0.2) is 29.1 Å². The Bertz CT molecular complexity index is 554. The molecule has 1 fully saturated rings. The predicted molar refractivity (Wildman–Crippen MR) is 73.3 cm³/mol. The lowest BCUT2D eigenvalue weighted by molar-refractivity contribution is -0.274. The fraction of sp³-hybridized carbons (Fsp3) is 0.714. The van der Waals surface area contributed by atoms with Crippen LogP contribution in [-0.4, -0.2) is 79.2 Å². The number of ether oxygens (including phenoxy) is 1. The number of carbonyl (C=O) groups is 4. The van der Waals surface area contributed by atoms with Gasteiger partial charge in [-0.3, -0.25) is 19.2 Å². The molecule has 0 bridgehead atoms. The van der Waals surface area contributed by atoms with E-state index in [2.05, 4.69) is 0 Å². The average Bonchev–Trinajstić information content (AvgIpc) is 2.43. The molecule has 0 amide bonds. The number of aliphatic hydroxyl groups excluding tert-OH is 3. The number of hydrogen-bond donors (Lipinski definition) is 4. The van der Waals surface area contributed by atoms with Crippen LogP contribution in [0.15, 0.2) is 0 Å². The normalized spacial score (nSPS) is 38.7. The summed E-state index contributed by atoms with van der Waals surface area (Å²) in [4.78, 5) is 47.6. The topological polar surface area (TPSA) is 158 Å². The lowest BCUT2D eigenvalue weighted by Gasteiger charge is -2.50. The van der Waals surface area contributed by atoms with Crippen LogP contribution in [0.25, 0.3) is 0 Å². The van der Waals surface area contributed by atoms with Gasteiger partial charge in [-0.15, -0.1) is 0 Å². The number of Topliss-reactive ketones (excluding diaryl/α,β-unsaturated/α-hetero) is 4. The molecular formula is C14H20O9. The SMILES string of the molecule is CC(=O)[C@@H]1O[C@](C(C)=O)(C(=O)C(C)O)[C@H](O)C(O)[C@]1(O)C(C)=O. The van der Waals surface area contributed by atoms with E-state index in [4.69, 9.17) is 4.74 Å². The molecule has 0 radical (unpaired) electrons. The summed E-state index contributed by atoms with van der Waals surface area (Å²) in [5, 5.41) is 40.2. The molecular weight excluding hydrogens is 312 g/mol. The van der Waals surface area contributed by atoms with E-state index in [1.54, 1.807) is 0 Å². The first-order valence-corrected chi connectivity index (χ1v) is 6.86. The lowest BCUT2D eigenvalue weighted by Crippen LogP contribution is -2.78. The fourth-order valence-electron chi connectivity index (χ4n) is 2.73. The average molecular weight is 332 g/mol. The monoisotopic (exact) mass is 332 g/mol. The predicted octanol–water partition coefficient (Wildman–Crippen LogP) is -2.71. The zero-order chi connectivity index (χ0) is 18.3. The highest BCUT2D eigenvalue weighted by Crippen LogP contribution is 2.39. The fourth-order valence-corrected chi connectivity index (χ4v) is 2.73. The van der Waals surface area contributed by atoms with Crippen molar-refractivity contribution in [2.75, 3.05) is 0 Å². The Kier molecular flexibility index (Phi) is 5.24. The van der Waals surface area contributed by atoms with E-state index < -0.39 is 58.8 Å². The zero-order valence-corrected chi connectivity index (χ0v) is 13.1. The number of hydrogen-bond acceptors (Lipinski definition) is 9. The molecule has 1 aliphatic heterocycles. The highest BCUT2D eigenvalue weighted by atomic mass is 16.6. The van der Waals surface area contributed by atoms with E-state index >= 15 is 0 Å². The van der Waals surface area contributed by atoms with Gasteiger partial charge < -0.3 is 25.2 Å². The first kappa shape index (κ1) is 19.5. The Morgan fingerprint density at radius 3 is 1.78 bits per heavy atom. The molecule has 0 saturated carbocycles. The van der Waals surface area contributed by atoms with Crippen molar-refractivity contribution in [3.63, 3.8) is 0 Å². The van der Waals surface area contributed by atoms with Gasteiger partial charge in [0.05, 0.1) is 0 Å². The third kappa shape index (κ3) is 2.64. The molecule has 0 aromatic rings. The van der Waals surface area contributed by atoms with Crippen LogP contribution in [-0.2, 0) is 23.9 Å². The molecule has 0 aromatic heterocycles. The minimum atomic E-state index is -2.83. The molecule has 23 heavy (non-hydrogen) atoms. The van der Waals surface area contributed by atoms with Crippen LogP contribution in [0, 0.1) is 0 Å². The maximum absolute atomic E-state index is 12.2. The zero-order valence-electron chi connectivity index (χ0n) is 13.1. The van der Waals surface area contributed by atoms with Crippen molar-refractivity contribution < 1.29 is 44.3 Å². The van der Waals surface area contributed by atoms with Crippen LogP contribution in [0.5, 0.6) is 0 Å². The quantitative estimate of drug-likeness (QED) is 0.393. The van der Waals surface area contributed by atoms with E-state index in [1.165, 1.54) is 0 Å². The van der Waals surface area contributed by atoms with Crippen molar-refractivity contribution in [1.29, 1.82) is 0 Å². The minimum absolute atomic E-state index is 0.853. The molecule has 0 spiro atoms. The third-order valence-corrected chi connectivity index (χ3v) is 4.07. The van der Waals surface area contributed by atoms with Gasteiger partial charge in [-0.05, 0) is 27.7 Å². The second kappa shape index (κ2) is 6.17. The molecule has 4 N–H and O–H groups in total. The van der Waals surface area contributed by atoms with Crippen molar-refractivity contribution in [2.45, 2.75) is 63.3 Å². The molecule has 9 heteroatoms. The van der Waals surface area contributed by atoms with Gasteiger partial charge in [-0.1, -0.05) is 0 Å². The third-order valence-electron chi connectivity index (χ3n) is 4.07. The van der Waals surface area contributed by atoms with Gasteiger partial charge >= 0.3 is 0 Å². The summed E-state index contributed by atoms with van der Waals surface area (Å²) in [6.45, 7) is 3.63. The van der Waals surface area contributed by atoms with Crippen LogP contribution >= 0.6 is 0 Å². The van der Waals surface area contributed by atoms with Gasteiger partial charge in [-0.25, -0.2) is 0 Å². The molecule has 1 saturated heterocycles. The van der Waals surface area contributed by atoms with Crippen LogP contribution in [0.1, 0.15) is 27.7 Å². The molecule has 1 heterocycles. The van der Waals surface area contributed by atoms with Crippen LogP contribution in [0.3, 0.4) is 0 Å². The van der Waals surface area contributed by atoms with Crippen molar-refractivity contribution in [2.24, 2.45) is 0 Å². The molecule has 9 nitrogen and oxygen atoms in total. The van der Waals surface area contributed by atoms with Crippen molar-refractivity contribution >= 4 is 23.1 Å². The summed E-state index contributed by atoms with van der Waals surface area (Å²) >= 11 is 0. The maximum atomic E-state index is 12.2. The van der Waals surface area contributed by atoms with Gasteiger partial charge in [-0.2, -0.15) is 0 Å². The van der Waals surface area contributed by atoms with Crippen molar-refractivity contribution in [3.8, 4) is 0 Å². The van der Waals surface area contributed by atoms with E-state index in [1.807, 2.05) is 0 Å². The van der Waals surface area contributed by atoms with E-state index in [-0.39, 0.29) is 0 Å².